The van der Waals surface area contributed by atoms with Crippen molar-refractivity contribution in [2.24, 2.45) is 11.3 Å². The van der Waals surface area contributed by atoms with Gasteiger partial charge in [-0.2, -0.15) is 0 Å². The van der Waals surface area contributed by atoms with Crippen LogP contribution in [0.3, 0.4) is 0 Å². The molecule has 118 valence electrons. The molecule has 2 saturated heterocycles. The van der Waals surface area contributed by atoms with Crippen LogP contribution >= 0.6 is 0 Å². The van der Waals surface area contributed by atoms with E-state index >= 15 is 0 Å². The summed E-state index contributed by atoms with van der Waals surface area (Å²) in [7, 11) is 3.54. The molecular weight excluding hydrogens is 273 g/mol. The summed E-state index contributed by atoms with van der Waals surface area (Å²) in [6.07, 6.45) is 1.10. The number of amides is 2. The van der Waals surface area contributed by atoms with Crippen molar-refractivity contribution >= 4 is 11.8 Å². The van der Waals surface area contributed by atoms with Gasteiger partial charge < -0.3 is 9.80 Å². The summed E-state index contributed by atoms with van der Waals surface area (Å²) in [5.74, 6) is 0.185. The molecule has 0 aromatic heterocycles. The molecule has 3 fully saturated rings. The molecule has 2 amide bonds. The van der Waals surface area contributed by atoms with Gasteiger partial charge in [-0.1, -0.05) is 0 Å². The number of hydrogen-bond acceptors (Lipinski definition) is 3. The normalized spacial score (nSPS) is 30.9. The highest BCUT2D eigenvalue weighted by atomic mass is 19.1. The molecule has 1 saturated carbocycles. The van der Waals surface area contributed by atoms with Crippen molar-refractivity contribution in [1.29, 1.82) is 0 Å². The number of likely N-dealkylation sites (tertiary alicyclic amines) is 2. The lowest BCUT2D eigenvalue weighted by Crippen LogP contribution is -2.61. The predicted octanol–water partition coefficient (Wildman–Crippen LogP) is 0.357. The van der Waals surface area contributed by atoms with Gasteiger partial charge in [-0.25, -0.2) is 4.39 Å². The van der Waals surface area contributed by atoms with E-state index in [9.17, 15) is 14.0 Å². The Morgan fingerprint density at radius 1 is 1.24 bits per heavy atom. The van der Waals surface area contributed by atoms with Gasteiger partial charge in [0.2, 0.25) is 11.8 Å². The number of halogens is 1. The first-order valence-electron chi connectivity index (χ1n) is 7.74. The van der Waals surface area contributed by atoms with Gasteiger partial charge in [0.15, 0.2) is 0 Å². The van der Waals surface area contributed by atoms with Crippen molar-refractivity contribution in [3.8, 4) is 0 Å². The average molecular weight is 297 g/mol. The van der Waals surface area contributed by atoms with Gasteiger partial charge in [-0.05, 0) is 25.8 Å². The molecule has 0 N–H and O–H groups in total. The fourth-order valence-electron chi connectivity index (χ4n) is 3.68. The molecule has 2 aliphatic heterocycles. The first kappa shape index (κ1) is 14.8. The second kappa shape index (κ2) is 5.23. The lowest BCUT2D eigenvalue weighted by Gasteiger charge is -2.50. The quantitative estimate of drug-likeness (QED) is 0.755. The highest BCUT2D eigenvalue weighted by molar-refractivity contribution is 5.81. The lowest BCUT2D eigenvalue weighted by molar-refractivity contribution is -0.152. The van der Waals surface area contributed by atoms with Crippen molar-refractivity contribution in [3.63, 3.8) is 0 Å². The number of rotatable bonds is 3. The summed E-state index contributed by atoms with van der Waals surface area (Å²) < 4.78 is 12.8. The van der Waals surface area contributed by atoms with Crippen LogP contribution in [0.15, 0.2) is 0 Å². The van der Waals surface area contributed by atoms with Crippen LogP contribution in [-0.4, -0.2) is 79.5 Å². The lowest BCUT2D eigenvalue weighted by atomic mass is 9.76. The van der Waals surface area contributed by atoms with E-state index < -0.39 is 6.17 Å². The van der Waals surface area contributed by atoms with Crippen LogP contribution in [0.25, 0.3) is 0 Å². The van der Waals surface area contributed by atoms with E-state index in [1.54, 1.807) is 19.0 Å². The van der Waals surface area contributed by atoms with E-state index in [2.05, 4.69) is 4.90 Å². The van der Waals surface area contributed by atoms with Crippen LogP contribution < -0.4 is 0 Å². The topological polar surface area (TPSA) is 43.9 Å². The minimum absolute atomic E-state index is 0.0785. The number of nitrogens with zero attached hydrogens (tertiary/aromatic N) is 3. The van der Waals surface area contributed by atoms with E-state index in [-0.39, 0.29) is 23.1 Å². The van der Waals surface area contributed by atoms with Gasteiger partial charge in [0.25, 0.3) is 0 Å². The molecule has 0 unspecified atom stereocenters. The number of hydrogen-bond donors (Lipinski definition) is 0. The summed E-state index contributed by atoms with van der Waals surface area (Å²) in [5, 5.41) is 0. The van der Waals surface area contributed by atoms with Gasteiger partial charge in [-0.15, -0.1) is 0 Å². The smallest absolute Gasteiger partial charge is 0.236 e. The van der Waals surface area contributed by atoms with E-state index in [1.807, 2.05) is 4.90 Å². The summed E-state index contributed by atoms with van der Waals surface area (Å²) in [6.45, 7) is 3.86. The minimum Gasteiger partial charge on any atom is -0.348 e. The molecular formula is C15H24FN3O2. The zero-order valence-corrected chi connectivity index (χ0v) is 12.8. The van der Waals surface area contributed by atoms with Gasteiger partial charge in [0.1, 0.15) is 6.17 Å². The number of carbonyl (C=O) groups is 2. The van der Waals surface area contributed by atoms with Crippen molar-refractivity contribution in [2.45, 2.75) is 25.4 Å². The molecule has 3 aliphatic rings. The van der Waals surface area contributed by atoms with E-state index in [4.69, 9.17) is 0 Å². The molecule has 2 heterocycles. The fraction of sp³-hybridized carbons (Fsp3) is 0.867. The largest absolute Gasteiger partial charge is 0.348 e. The second-order valence-electron chi connectivity index (χ2n) is 7.21. The third-order valence-corrected chi connectivity index (χ3v) is 5.17. The molecule has 0 radical (unpaired) electrons. The molecule has 5 nitrogen and oxygen atoms in total. The Morgan fingerprint density at radius 2 is 1.90 bits per heavy atom. The van der Waals surface area contributed by atoms with Gasteiger partial charge in [0.05, 0.1) is 6.54 Å². The van der Waals surface area contributed by atoms with E-state index in [0.717, 1.165) is 32.6 Å². The maximum atomic E-state index is 12.8. The molecule has 0 aromatic carbocycles. The summed E-state index contributed by atoms with van der Waals surface area (Å²) >= 11 is 0. The Kier molecular flexibility index (Phi) is 3.67. The fourth-order valence-corrected chi connectivity index (χ4v) is 3.68. The standard InChI is InChI=1S/C15H24FN3O2/c1-17(2)13(20)7-18-4-3-15(8-18)9-19(10-15)14(21)11-5-12(16)6-11/h11-12H,3-10H2,1-2H3. The summed E-state index contributed by atoms with van der Waals surface area (Å²) in [6, 6.07) is 0. The van der Waals surface area contributed by atoms with Crippen molar-refractivity contribution in [2.75, 3.05) is 46.8 Å². The van der Waals surface area contributed by atoms with Gasteiger partial charge in [0, 0.05) is 45.1 Å². The Morgan fingerprint density at radius 3 is 2.48 bits per heavy atom. The molecule has 6 heteroatoms. The van der Waals surface area contributed by atoms with Crippen molar-refractivity contribution in [1.82, 2.24) is 14.7 Å². The van der Waals surface area contributed by atoms with E-state index in [1.165, 1.54) is 0 Å². The van der Waals surface area contributed by atoms with Crippen LogP contribution in [0.2, 0.25) is 0 Å². The summed E-state index contributed by atoms with van der Waals surface area (Å²) in [5.41, 5.74) is 0.182. The second-order valence-corrected chi connectivity index (χ2v) is 7.21. The van der Waals surface area contributed by atoms with Crippen molar-refractivity contribution in [3.05, 3.63) is 0 Å². The molecule has 0 bridgehead atoms. The Balaban J connectivity index is 1.45. The minimum atomic E-state index is -0.770. The van der Waals surface area contributed by atoms with Crippen LogP contribution in [-0.2, 0) is 9.59 Å². The zero-order chi connectivity index (χ0) is 15.2. The number of alkyl halides is 1. The van der Waals surface area contributed by atoms with Crippen LogP contribution in [0, 0.1) is 11.3 Å². The first-order chi connectivity index (χ1) is 9.88. The monoisotopic (exact) mass is 297 g/mol. The Bertz CT molecular complexity index is 442. The van der Waals surface area contributed by atoms with Crippen LogP contribution in [0.5, 0.6) is 0 Å². The maximum absolute atomic E-state index is 12.8. The average Bonchev–Trinajstić information content (AvgIpc) is 2.76. The summed E-state index contributed by atoms with van der Waals surface area (Å²) in [4.78, 5) is 29.6. The molecule has 0 atom stereocenters. The Hall–Kier alpha value is -1.17. The highest BCUT2D eigenvalue weighted by Crippen LogP contribution is 2.42. The van der Waals surface area contributed by atoms with Gasteiger partial charge >= 0.3 is 0 Å². The molecule has 3 rings (SSSR count). The number of likely N-dealkylation sites (N-methyl/N-ethyl adjacent to an activating group) is 1. The SMILES string of the molecule is CN(C)C(=O)CN1CCC2(C1)CN(C(=O)C1CC(F)C1)C2. The third kappa shape index (κ3) is 2.78. The zero-order valence-electron chi connectivity index (χ0n) is 12.8. The molecule has 1 spiro atoms. The third-order valence-electron chi connectivity index (χ3n) is 5.17. The number of carbonyl (C=O) groups excluding carboxylic acids is 2. The van der Waals surface area contributed by atoms with Crippen LogP contribution in [0.1, 0.15) is 19.3 Å². The molecule has 0 aromatic rings. The predicted molar refractivity (Wildman–Crippen MR) is 76.4 cm³/mol. The van der Waals surface area contributed by atoms with Crippen molar-refractivity contribution < 1.29 is 14.0 Å². The highest BCUT2D eigenvalue weighted by Gasteiger charge is 2.51. The first-order valence-corrected chi connectivity index (χ1v) is 7.74. The maximum Gasteiger partial charge on any atom is 0.236 e. The van der Waals surface area contributed by atoms with Gasteiger partial charge in [-0.3, -0.25) is 14.5 Å². The molecule has 21 heavy (non-hydrogen) atoms. The van der Waals surface area contributed by atoms with Crippen LogP contribution in [0.4, 0.5) is 4.39 Å². The molecule has 1 aliphatic carbocycles. The van der Waals surface area contributed by atoms with E-state index in [0.29, 0.717) is 19.4 Å². The Labute approximate surface area is 125 Å².